The smallest absolute Gasteiger partial charge is 0.0720 e. The maximum Gasteiger partial charge on any atom is 0.0720 e. The highest BCUT2D eigenvalue weighted by atomic mass is 16.5. The molecule has 2 heteroatoms. The molecule has 0 saturated heterocycles. The first-order valence-corrected chi connectivity index (χ1v) is 5.55. The summed E-state index contributed by atoms with van der Waals surface area (Å²) in [6, 6.07) is 10.8. The van der Waals surface area contributed by atoms with E-state index in [1.54, 1.807) is 0 Å². The van der Waals surface area contributed by atoms with Crippen LogP contribution in [0, 0.1) is 0 Å². The summed E-state index contributed by atoms with van der Waals surface area (Å²) in [7, 11) is 1.98. The van der Waals surface area contributed by atoms with Gasteiger partial charge in [-0.15, -0.1) is 0 Å². The lowest BCUT2D eigenvalue weighted by Gasteiger charge is -2.17. The Balaban J connectivity index is 2.25. The third-order valence-electron chi connectivity index (χ3n) is 2.56. The Morgan fingerprint density at radius 1 is 1.20 bits per heavy atom. The Hall–Kier alpha value is -0.860. The second-order valence-electron chi connectivity index (χ2n) is 4.03. The molecule has 0 aliphatic rings. The highest BCUT2D eigenvalue weighted by Gasteiger charge is 2.06. The molecule has 1 aromatic rings. The molecule has 2 atom stereocenters. The first-order chi connectivity index (χ1) is 7.22. The van der Waals surface area contributed by atoms with Crippen molar-refractivity contribution in [1.82, 2.24) is 5.32 Å². The van der Waals surface area contributed by atoms with Gasteiger partial charge in [-0.25, -0.2) is 0 Å². The summed E-state index contributed by atoms with van der Waals surface area (Å²) in [5, 5.41) is 3.21. The van der Waals surface area contributed by atoms with E-state index in [1.807, 2.05) is 25.2 Å². The van der Waals surface area contributed by atoms with Crippen LogP contribution in [0.1, 0.15) is 25.8 Å². The maximum absolute atomic E-state index is 5.76. The molecule has 0 saturated carbocycles. The molecule has 2 nitrogen and oxygen atoms in total. The van der Waals surface area contributed by atoms with Gasteiger partial charge in [-0.05, 0) is 32.9 Å². The van der Waals surface area contributed by atoms with Crippen LogP contribution in [0.2, 0.25) is 0 Å². The van der Waals surface area contributed by atoms with Crippen LogP contribution in [0.4, 0.5) is 0 Å². The van der Waals surface area contributed by atoms with E-state index in [-0.39, 0.29) is 0 Å². The number of hydrogen-bond donors (Lipinski definition) is 1. The second kappa shape index (κ2) is 6.59. The van der Waals surface area contributed by atoms with Crippen molar-refractivity contribution in [2.75, 3.05) is 7.05 Å². The van der Waals surface area contributed by atoms with Crippen molar-refractivity contribution in [2.24, 2.45) is 0 Å². The van der Waals surface area contributed by atoms with Crippen LogP contribution in [0.3, 0.4) is 0 Å². The quantitative estimate of drug-likeness (QED) is 0.774. The van der Waals surface area contributed by atoms with Crippen molar-refractivity contribution >= 4 is 0 Å². The number of hydrogen-bond acceptors (Lipinski definition) is 2. The van der Waals surface area contributed by atoms with Crippen LogP contribution in [-0.4, -0.2) is 19.2 Å². The van der Waals surface area contributed by atoms with E-state index in [0.29, 0.717) is 18.8 Å². The number of benzene rings is 1. The zero-order valence-electron chi connectivity index (χ0n) is 9.86. The molecule has 0 aliphatic carbocycles. The summed E-state index contributed by atoms with van der Waals surface area (Å²) in [5.74, 6) is 0. The van der Waals surface area contributed by atoms with Crippen molar-refractivity contribution in [2.45, 2.75) is 39.0 Å². The summed E-state index contributed by atoms with van der Waals surface area (Å²) in [6.45, 7) is 5.00. The number of rotatable bonds is 6. The minimum absolute atomic E-state index is 0.299. The summed E-state index contributed by atoms with van der Waals surface area (Å²) in [6.07, 6.45) is 1.34. The summed E-state index contributed by atoms with van der Waals surface area (Å²) in [5.41, 5.74) is 1.24. The summed E-state index contributed by atoms with van der Waals surface area (Å²) < 4.78 is 5.76. The molecule has 0 bridgehead atoms. The SMILES string of the molecule is CNC(C)CC(C)OCc1ccccc1. The molecule has 84 valence electrons. The fraction of sp³-hybridized carbons (Fsp3) is 0.538. The van der Waals surface area contributed by atoms with Gasteiger partial charge in [-0.3, -0.25) is 0 Å². The lowest BCUT2D eigenvalue weighted by atomic mass is 10.1. The monoisotopic (exact) mass is 207 g/mol. The topological polar surface area (TPSA) is 21.3 Å². The highest BCUT2D eigenvalue weighted by molar-refractivity contribution is 5.13. The molecule has 0 heterocycles. The normalized spacial score (nSPS) is 14.9. The van der Waals surface area contributed by atoms with Crippen LogP contribution in [0.15, 0.2) is 30.3 Å². The molecule has 0 radical (unpaired) electrons. The van der Waals surface area contributed by atoms with E-state index in [0.717, 1.165) is 6.42 Å². The maximum atomic E-state index is 5.76. The van der Waals surface area contributed by atoms with E-state index in [9.17, 15) is 0 Å². The average molecular weight is 207 g/mol. The Morgan fingerprint density at radius 2 is 1.87 bits per heavy atom. The van der Waals surface area contributed by atoms with Crippen molar-refractivity contribution in [1.29, 1.82) is 0 Å². The molecular weight excluding hydrogens is 186 g/mol. The van der Waals surface area contributed by atoms with Gasteiger partial charge in [0.2, 0.25) is 0 Å². The Kier molecular flexibility index (Phi) is 5.37. The minimum atomic E-state index is 0.299. The molecule has 1 aromatic carbocycles. The predicted molar refractivity (Wildman–Crippen MR) is 63.8 cm³/mol. The molecule has 0 aromatic heterocycles. The number of nitrogens with one attached hydrogen (secondary N) is 1. The lowest BCUT2D eigenvalue weighted by molar-refractivity contribution is 0.0424. The van der Waals surface area contributed by atoms with Crippen LogP contribution in [0.5, 0.6) is 0 Å². The Labute approximate surface area is 92.6 Å². The van der Waals surface area contributed by atoms with Gasteiger partial charge in [0.15, 0.2) is 0 Å². The van der Waals surface area contributed by atoms with Gasteiger partial charge in [0.05, 0.1) is 12.7 Å². The molecule has 0 amide bonds. The lowest BCUT2D eigenvalue weighted by Crippen LogP contribution is -2.26. The van der Waals surface area contributed by atoms with Crippen molar-refractivity contribution in [3.8, 4) is 0 Å². The van der Waals surface area contributed by atoms with E-state index in [1.165, 1.54) is 5.56 Å². The van der Waals surface area contributed by atoms with Crippen molar-refractivity contribution in [3.05, 3.63) is 35.9 Å². The van der Waals surface area contributed by atoms with Gasteiger partial charge < -0.3 is 10.1 Å². The van der Waals surface area contributed by atoms with E-state index in [2.05, 4.69) is 31.3 Å². The molecule has 0 spiro atoms. The summed E-state index contributed by atoms with van der Waals surface area (Å²) >= 11 is 0. The number of ether oxygens (including phenoxy) is 1. The van der Waals surface area contributed by atoms with Crippen LogP contribution < -0.4 is 5.32 Å². The van der Waals surface area contributed by atoms with Gasteiger partial charge in [0.1, 0.15) is 0 Å². The van der Waals surface area contributed by atoms with Crippen LogP contribution in [0.25, 0.3) is 0 Å². The molecule has 0 fully saturated rings. The molecule has 15 heavy (non-hydrogen) atoms. The largest absolute Gasteiger partial charge is 0.374 e. The van der Waals surface area contributed by atoms with Crippen LogP contribution in [-0.2, 0) is 11.3 Å². The van der Waals surface area contributed by atoms with Crippen molar-refractivity contribution in [3.63, 3.8) is 0 Å². The second-order valence-corrected chi connectivity index (χ2v) is 4.03. The fourth-order valence-corrected chi connectivity index (χ4v) is 1.50. The molecule has 2 unspecified atom stereocenters. The highest BCUT2D eigenvalue weighted by Crippen LogP contribution is 2.07. The fourth-order valence-electron chi connectivity index (χ4n) is 1.50. The van der Waals surface area contributed by atoms with E-state index >= 15 is 0 Å². The Morgan fingerprint density at radius 3 is 2.47 bits per heavy atom. The van der Waals surface area contributed by atoms with Gasteiger partial charge in [-0.1, -0.05) is 30.3 Å². The Bertz CT molecular complexity index is 260. The standard InChI is InChI=1S/C13H21NO/c1-11(14-3)9-12(2)15-10-13-7-5-4-6-8-13/h4-8,11-12,14H,9-10H2,1-3H3. The van der Waals surface area contributed by atoms with Gasteiger partial charge >= 0.3 is 0 Å². The molecule has 1 rings (SSSR count). The van der Waals surface area contributed by atoms with E-state index in [4.69, 9.17) is 4.74 Å². The first-order valence-electron chi connectivity index (χ1n) is 5.55. The molecule has 0 aliphatic heterocycles. The third-order valence-corrected chi connectivity index (χ3v) is 2.56. The van der Waals surface area contributed by atoms with Crippen LogP contribution >= 0.6 is 0 Å². The molecule has 1 N–H and O–H groups in total. The third kappa shape index (κ3) is 4.96. The van der Waals surface area contributed by atoms with Gasteiger partial charge in [0, 0.05) is 6.04 Å². The predicted octanol–water partition coefficient (Wildman–Crippen LogP) is 2.59. The minimum Gasteiger partial charge on any atom is -0.374 e. The first kappa shape index (κ1) is 12.2. The average Bonchev–Trinajstić information content (AvgIpc) is 2.27. The zero-order chi connectivity index (χ0) is 11.1. The van der Waals surface area contributed by atoms with Gasteiger partial charge in [-0.2, -0.15) is 0 Å². The summed E-state index contributed by atoms with van der Waals surface area (Å²) in [4.78, 5) is 0. The van der Waals surface area contributed by atoms with E-state index < -0.39 is 0 Å². The molecular formula is C13H21NO. The van der Waals surface area contributed by atoms with Gasteiger partial charge in [0.25, 0.3) is 0 Å². The zero-order valence-corrected chi connectivity index (χ0v) is 9.86. The van der Waals surface area contributed by atoms with Crippen molar-refractivity contribution < 1.29 is 4.74 Å².